The number of hydrogen-bond acceptors (Lipinski definition) is 6. The quantitative estimate of drug-likeness (QED) is 0.184. The first-order valence-corrected chi connectivity index (χ1v) is 14.9. The van der Waals surface area contributed by atoms with Crippen molar-refractivity contribution in [1.82, 2.24) is 4.90 Å². The van der Waals surface area contributed by atoms with E-state index < -0.39 is 9.04 Å². The van der Waals surface area contributed by atoms with Gasteiger partial charge in [0.25, 0.3) is 0 Å². The fourth-order valence-electron chi connectivity index (χ4n) is 4.62. The van der Waals surface area contributed by atoms with E-state index in [2.05, 4.69) is 50.4 Å². The minimum absolute atomic E-state index is 0.0333. The first kappa shape index (κ1) is 29.7. The number of hydrogen-bond donors (Lipinski definition) is 0. The Kier molecular flexibility index (Phi) is 11.3. The molecular formula is C28H42NO6Si. The monoisotopic (exact) mass is 516 g/mol. The molecule has 1 saturated heterocycles. The number of carbonyl (C=O) groups excluding carboxylic acids is 2. The van der Waals surface area contributed by atoms with Crippen LogP contribution in [0.3, 0.4) is 0 Å². The summed E-state index contributed by atoms with van der Waals surface area (Å²) < 4.78 is 22.1. The van der Waals surface area contributed by atoms with Gasteiger partial charge in [-0.1, -0.05) is 20.8 Å². The number of unbranched alkanes of at least 4 members (excludes halogenated alkanes) is 1. The molecular weight excluding hydrogens is 474 g/mol. The van der Waals surface area contributed by atoms with Crippen molar-refractivity contribution in [2.45, 2.75) is 72.2 Å². The van der Waals surface area contributed by atoms with Gasteiger partial charge in [-0.25, -0.2) is 0 Å². The molecule has 2 rings (SSSR count). The van der Waals surface area contributed by atoms with Gasteiger partial charge < -0.3 is 23.5 Å². The van der Waals surface area contributed by atoms with Crippen LogP contribution >= 0.6 is 0 Å². The molecule has 1 aliphatic rings. The molecule has 1 aromatic rings. The van der Waals surface area contributed by atoms with Gasteiger partial charge in [-0.15, -0.1) is 11.8 Å². The third kappa shape index (κ3) is 8.28. The average molecular weight is 517 g/mol. The summed E-state index contributed by atoms with van der Waals surface area (Å²) in [6.45, 7) is 11.9. The molecule has 0 N–H and O–H groups in total. The Labute approximate surface area is 218 Å². The van der Waals surface area contributed by atoms with Gasteiger partial charge in [0, 0.05) is 49.9 Å². The summed E-state index contributed by atoms with van der Waals surface area (Å²) in [4.78, 5) is 26.9. The zero-order valence-corrected chi connectivity index (χ0v) is 24.1. The van der Waals surface area contributed by atoms with Crippen molar-refractivity contribution in [3.63, 3.8) is 0 Å². The number of methoxy groups -OCH3 is 3. The molecule has 1 radical (unpaired) electrons. The molecule has 1 amide bonds. The smallest absolute Gasteiger partial charge is 0.305 e. The molecule has 199 valence electrons. The Morgan fingerprint density at radius 1 is 1.17 bits per heavy atom. The van der Waals surface area contributed by atoms with Gasteiger partial charge in [0.05, 0.1) is 33.4 Å². The lowest BCUT2D eigenvalue weighted by Gasteiger charge is -2.38. The highest BCUT2D eigenvalue weighted by atomic mass is 28.3. The minimum Gasteiger partial charge on any atom is -0.497 e. The number of rotatable bonds is 11. The van der Waals surface area contributed by atoms with Crippen molar-refractivity contribution in [3.05, 3.63) is 23.8 Å². The van der Waals surface area contributed by atoms with Crippen LogP contribution in [0.15, 0.2) is 18.2 Å². The Morgan fingerprint density at radius 2 is 1.89 bits per heavy atom. The van der Waals surface area contributed by atoms with E-state index in [0.29, 0.717) is 50.3 Å². The van der Waals surface area contributed by atoms with Gasteiger partial charge >= 0.3 is 5.97 Å². The fraction of sp³-hybridized carbons (Fsp3) is 0.643. The molecule has 3 unspecified atom stereocenters. The van der Waals surface area contributed by atoms with Crippen LogP contribution in [0.5, 0.6) is 11.5 Å². The number of esters is 1. The Hall–Kier alpha value is -2.50. The van der Waals surface area contributed by atoms with E-state index >= 15 is 0 Å². The Morgan fingerprint density at radius 3 is 2.47 bits per heavy atom. The maximum Gasteiger partial charge on any atom is 0.305 e. The summed E-state index contributed by atoms with van der Waals surface area (Å²) in [5.74, 6) is 7.44. The van der Waals surface area contributed by atoms with Crippen LogP contribution in [-0.2, 0) is 25.3 Å². The molecule has 0 bridgehead atoms. The van der Waals surface area contributed by atoms with Crippen LogP contribution in [0.1, 0.15) is 52.0 Å². The first-order valence-electron chi connectivity index (χ1n) is 12.5. The number of likely N-dealkylation sites (tertiary alicyclic amines) is 1. The van der Waals surface area contributed by atoms with E-state index in [-0.39, 0.29) is 35.2 Å². The maximum absolute atomic E-state index is 13.7. The Balaban J connectivity index is 2.26. The second-order valence-electron chi connectivity index (χ2n) is 10.5. The lowest BCUT2D eigenvalue weighted by atomic mass is 9.76. The number of nitrogens with zero attached hydrogens (tertiary/aromatic N) is 1. The summed E-state index contributed by atoms with van der Waals surface area (Å²) in [7, 11) is 3.66. The van der Waals surface area contributed by atoms with Gasteiger partial charge in [0.15, 0.2) is 0 Å². The highest BCUT2D eigenvalue weighted by molar-refractivity contribution is 6.48. The molecule has 0 aromatic heterocycles. The predicted octanol–water partition coefficient (Wildman–Crippen LogP) is 4.70. The summed E-state index contributed by atoms with van der Waals surface area (Å²) in [5, 5.41) is 0. The van der Waals surface area contributed by atoms with Crippen LogP contribution in [0.25, 0.3) is 0 Å². The molecule has 36 heavy (non-hydrogen) atoms. The maximum atomic E-state index is 13.7. The van der Waals surface area contributed by atoms with Gasteiger partial charge in [-0.2, -0.15) is 0 Å². The summed E-state index contributed by atoms with van der Waals surface area (Å²) in [6, 6.07) is 5.68. The molecule has 8 heteroatoms. The van der Waals surface area contributed by atoms with Crippen molar-refractivity contribution in [2.75, 3.05) is 27.9 Å². The Bertz CT molecular complexity index is 946. The summed E-state index contributed by atoms with van der Waals surface area (Å²) >= 11 is 0. The van der Waals surface area contributed by atoms with Crippen LogP contribution < -0.4 is 9.47 Å². The molecule has 1 aromatic carbocycles. The van der Waals surface area contributed by atoms with Crippen molar-refractivity contribution >= 4 is 20.9 Å². The standard InChI is InChI=1S/C28H42NO6Si/c1-28(2,3)26(35-36(7)8)23-19-29(18-20-15-16-21(32-4)17-24(20)33-5)27(31)22(23)13-11-9-10-12-14-25(30)34-6/h15-17,22-23,26H,10,12-14,18-19H2,1-8H3. The normalized spacial score (nSPS) is 18.6. The van der Waals surface area contributed by atoms with Crippen LogP contribution in [-0.4, -0.2) is 59.8 Å². The number of carbonyl (C=O) groups is 2. The van der Waals surface area contributed by atoms with Gasteiger partial charge in [0.1, 0.15) is 11.5 Å². The van der Waals surface area contributed by atoms with E-state index in [4.69, 9.17) is 13.9 Å². The highest BCUT2D eigenvalue weighted by Gasteiger charge is 2.47. The van der Waals surface area contributed by atoms with Crippen LogP contribution in [0.4, 0.5) is 0 Å². The SMILES string of the molecule is COC(=O)CCCC#CCC1C(=O)N(Cc2ccc(OC)cc2OC)CC1C(O[Si](C)C)C(C)(C)C. The minimum atomic E-state index is -0.972. The zero-order chi connectivity index (χ0) is 26.9. The van der Waals surface area contributed by atoms with Crippen molar-refractivity contribution in [2.24, 2.45) is 17.3 Å². The molecule has 0 saturated carbocycles. The van der Waals surface area contributed by atoms with Gasteiger partial charge in [-0.05, 0) is 37.1 Å². The largest absolute Gasteiger partial charge is 0.497 e. The van der Waals surface area contributed by atoms with Gasteiger partial charge in [-0.3, -0.25) is 9.59 Å². The van der Waals surface area contributed by atoms with Crippen LogP contribution in [0, 0.1) is 29.1 Å². The molecule has 0 spiro atoms. The van der Waals surface area contributed by atoms with E-state index in [0.717, 1.165) is 5.56 Å². The predicted molar refractivity (Wildman–Crippen MR) is 142 cm³/mol. The molecule has 3 atom stereocenters. The molecule has 1 heterocycles. The van der Waals surface area contributed by atoms with Crippen molar-refractivity contribution in [3.8, 4) is 23.3 Å². The second kappa shape index (κ2) is 13.7. The van der Waals surface area contributed by atoms with Crippen molar-refractivity contribution < 1.29 is 28.2 Å². The summed E-state index contributed by atoms with van der Waals surface area (Å²) in [6.07, 6.45) is 2.02. The van der Waals surface area contributed by atoms with E-state index in [1.165, 1.54) is 7.11 Å². The average Bonchev–Trinajstić information content (AvgIpc) is 3.13. The fourth-order valence-corrected chi connectivity index (χ4v) is 5.66. The molecule has 7 nitrogen and oxygen atoms in total. The molecule has 0 aliphatic carbocycles. The van der Waals surface area contributed by atoms with Crippen molar-refractivity contribution in [1.29, 1.82) is 0 Å². The molecule has 1 aliphatic heterocycles. The lowest BCUT2D eigenvalue weighted by molar-refractivity contribution is -0.140. The zero-order valence-electron chi connectivity index (χ0n) is 23.1. The second-order valence-corrected chi connectivity index (χ2v) is 12.5. The number of benzene rings is 1. The topological polar surface area (TPSA) is 74.3 Å². The van der Waals surface area contributed by atoms with E-state index in [9.17, 15) is 9.59 Å². The third-order valence-corrected chi connectivity index (χ3v) is 7.12. The van der Waals surface area contributed by atoms with E-state index in [1.54, 1.807) is 14.2 Å². The number of ether oxygens (including phenoxy) is 3. The first-order chi connectivity index (χ1) is 17.0. The van der Waals surface area contributed by atoms with E-state index in [1.807, 2.05) is 23.1 Å². The number of amides is 1. The summed E-state index contributed by atoms with van der Waals surface area (Å²) in [5.41, 5.74) is 0.816. The lowest BCUT2D eigenvalue weighted by Crippen LogP contribution is -2.42. The van der Waals surface area contributed by atoms with Crippen LogP contribution in [0.2, 0.25) is 13.1 Å². The molecule has 1 fully saturated rings. The van der Waals surface area contributed by atoms with Gasteiger partial charge in [0.2, 0.25) is 14.9 Å². The highest BCUT2D eigenvalue weighted by Crippen LogP contribution is 2.40. The third-order valence-electron chi connectivity index (χ3n) is 6.39.